The lowest BCUT2D eigenvalue weighted by atomic mass is 10.2. The number of likely N-dealkylation sites (N-methyl/N-ethyl adjacent to an activating group) is 1. The van der Waals surface area contributed by atoms with Crippen molar-refractivity contribution in [2.75, 3.05) is 13.6 Å². The van der Waals surface area contributed by atoms with Gasteiger partial charge in [-0.15, -0.1) is 12.4 Å². The van der Waals surface area contributed by atoms with E-state index >= 15 is 0 Å². The molecule has 1 N–H and O–H groups in total. The van der Waals surface area contributed by atoms with E-state index in [1.165, 1.54) is 12.1 Å². The highest BCUT2D eigenvalue weighted by Gasteiger charge is 2.16. The molecular formula is C14H22ClFN2O. The first-order valence-corrected chi connectivity index (χ1v) is 6.27. The van der Waals surface area contributed by atoms with Gasteiger partial charge in [0.05, 0.1) is 6.04 Å². The Morgan fingerprint density at radius 2 is 2.16 bits per heavy atom. The molecule has 1 unspecified atom stereocenters. The van der Waals surface area contributed by atoms with Gasteiger partial charge in [0.25, 0.3) is 0 Å². The molecule has 1 aromatic carbocycles. The van der Waals surface area contributed by atoms with Crippen molar-refractivity contribution in [3.05, 3.63) is 35.6 Å². The normalized spacial score (nSPS) is 11.6. The lowest BCUT2D eigenvalue weighted by Crippen LogP contribution is -2.43. The summed E-state index contributed by atoms with van der Waals surface area (Å²) in [5, 5.41) is 3.14. The van der Waals surface area contributed by atoms with Crippen molar-refractivity contribution in [3.8, 4) is 0 Å². The van der Waals surface area contributed by atoms with Crippen LogP contribution in [-0.2, 0) is 11.3 Å². The Hall–Kier alpha value is -1.13. The molecule has 0 aliphatic rings. The third-order valence-corrected chi connectivity index (χ3v) is 2.76. The van der Waals surface area contributed by atoms with Crippen LogP contribution in [0, 0.1) is 5.82 Å². The van der Waals surface area contributed by atoms with Crippen LogP contribution < -0.4 is 5.32 Å². The number of carbonyl (C=O) groups is 1. The zero-order valence-electron chi connectivity index (χ0n) is 11.6. The smallest absolute Gasteiger partial charge is 0.239 e. The number of hydrogen-bond acceptors (Lipinski definition) is 2. The number of nitrogens with zero attached hydrogens (tertiary/aromatic N) is 1. The summed E-state index contributed by atoms with van der Waals surface area (Å²) in [5.41, 5.74) is 0.800. The van der Waals surface area contributed by atoms with Crippen LogP contribution in [0.5, 0.6) is 0 Å². The van der Waals surface area contributed by atoms with E-state index in [-0.39, 0.29) is 30.2 Å². The number of benzene rings is 1. The summed E-state index contributed by atoms with van der Waals surface area (Å²) in [7, 11) is 1.73. The Balaban J connectivity index is 0.00000324. The van der Waals surface area contributed by atoms with E-state index in [0.717, 1.165) is 18.5 Å². The molecule has 5 heteroatoms. The molecule has 1 rings (SSSR count). The zero-order valence-corrected chi connectivity index (χ0v) is 12.5. The van der Waals surface area contributed by atoms with Crippen molar-refractivity contribution >= 4 is 18.3 Å². The molecule has 0 spiro atoms. The van der Waals surface area contributed by atoms with Crippen molar-refractivity contribution in [2.45, 2.75) is 32.9 Å². The van der Waals surface area contributed by atoms with Gasteiger partial charge in [-0.05, 0) is 37.6 Å². The third-order valence-electron chi connectivity index (χ3n) is 2.76. The van der Waals surface area contributed by atoms with E-state index in [0.29, 0.717) is 6.54 Å². The standard InChI is InChI=1S/C14H21FN2O.ClH/c1-4-8-16-11(2)14(18)17(3)10-12-6-5-7-13(15)9-12;/h5-7,9,11,16H,4,8,10H2,1-3H3;1H. The first-order chi connectivity index (χ1) is 8.54. The molecule has 0 aliphatic heterocycles. The van der Waals surface area contributed by atoms with Crippen LogP contribution in [-0.4, -0.2) is 30.4 Å². The van der Waals surface area contributed by atoms with Crippen LogP contribution in [0.1, 0.15) is 25.8 Å². The number of nitrogens with one attached hydrogen (secondary N) is 1. The van der Waals surface area contributed by atoms with E-state index in [9.17, 15) is 9.18 Å². The lowest BCUT2D eigenvalue weighted by molar-refractivity contribution is -0.132. The molecule has 0 heterocycles. The average molecular weight is 289 g/mol. The summed E-state index contributed by atoms with van der Waals surface area (Å²) in [5.74, 6) is -0.252. The highest BCUT2D eigenvalue weighted by atomic mass is 35.5. The maximum absolute atomic E-state index is 13.0. The number of amides is 1. The van der Waals surface area contributed by atoms with E-state index in [1.807, 2.05) is 13.0 Å². The van der Waals surface area contributed by atoms with Crippen molar-refractivity contribution in [1.29, 1.82) is 0 Å². The van der Waals surface area contributed by atoms with Crippen molar-refractivity contribution < 1.29 is 9.18 Å². The molecule has 0 bridgehead atoms. The number of hydrogen-bond donors (Lipinski definition) is 1. The quantitative estimate of drug-likeness (QED) is 0.873. The fourth-order valence-corrected chi connectivity index (χ4v) is 1.77. The van der Waals surface area contributed by atoms with Gasteiger partial charge >= 0.3 is 0 Å². The second-order valence-corrected chi connectivity index (χ2v) is 4.50. The summed E-state index contributed by atoms with van der Waals surface area (Å²) in [6.07, 6.45) is 0.991. The molecule has 0 radical (unpaired) electrons. The fraction of sp³-hybridized carbons (Fsp3) is 0.500. The molecule has 1 atom stereocenters. The molecule has 1 amide bonds. The van der Waals surface area contributed by atoms with Gasteiger partial charge in [-0.25, -0.2) is 4.39 Å². The van der Waals surface area contributed by atoms with Crippen LogP contribution in [0.25, 0.3) is 0 Å². The number of carbonyl (C=O) groups excluding carboxylic acids is 1. The van der Waals surface area contributed by atoms with E-state index in [4.69, 9.17) is 0 Å². The molecule has 0 aliphatic carbocycles. The van der Waals surface area contributed by atoms with Crippen LogP contribution in [0.2, 0.25) is 0 Å². The van der Waals surface area contributed by atoms with Gasteiger partial charge in [0, 0.05) is 13.6 Å². The highest BCUT2D eigenvalue weighted by Crippen LogP contribution is 2.07. The molecule has 0 saturated heterocycles. The summed E-state index contributed by atoms with van der Waals surface area (Å²) >= 11 is 0. The third kappa shape index (κ3) is 6.03. The maximum Gasteiger partial charge on any atom is 0.239 e. The predicted molar refractivity (Wildman–Crippen MR) is 77.9 cm³/mol. The molecule has 19 heavy (non-hydrogen) atoms. The average Bonchev–Trinajstić information content (AvgIpc) is 2.35. The predicted octanol–water partition coefficient (Wildman–Crippen LogP) is 2.59. The Morgan fingerprint density at radius 1 is 1.47 bits per heavy atom. The molecule has 3 nitrogen and oxygen atoms in total. The molecular weight excluding hydrogens is 267 g/mol. The zero-order chi connectivity index (χ0) is 13.5. The first-order valence-electron chi connectivity index (χ1n) is 6.27. The minimum absolute atomic E-state index is 0. The molecule has 108 valence electrons. The minimum atomic E-state index is -0.273. The van der Waals surface area contributed by atoms with Gasteiger partial charge in [-0.1, -0.05) is 19.1 Å². The summed E-state index contributed by atoms with van der Waals surface area (Å²) < 4.78 is 13.0. The van der Waals surface area contributed by atoms with Gasteiger partial charge in [-0.2, -0.15) is 0 Å². The molecule has 1 aromatic rings. The van der Waals surface area contributed by atoms with Gasteiger partial charge in [0.1, 0.15) is 5.82 Å². The number of halogens is 2. The van der Waals surface area contributed by atoms with Gasteiger partial charge in [-0.3, -0.25) is 4.79 Å². The van der Waals surface area contributed by atoms with Crippen molar-refractivity contribution in [1.82, 2.24) is 10.2 Å². The van der Waals surface area contributed by atoms with E-state index < -0.39 is 0 Å². The maximum atomic E-state index is 13.0. The number of rotatable bonds is 6. The monoisotopic (exact) mass is 288 g/mol. The summed E-state index contributed by atoms with van der Waals surface area (Å²) in [4.78, 5) is 13.6. The minimum Gasteiger partial charge on any atom is -0.340 e. The van der Waals surface area contributed by atoms with Crippen LogP contribution in [0.4, 0.5) is 4.39 Å². The summed E-state index contributed by atoms with van der Waals surface area (Å²) in [6.45, 7) is 5.15. The second-order valence-electron chi connectivity index (χ2n) is 4.50. The molecule has 0 aromatic heterocycles. The fourth-order valence-electron chi connectivity index (χ4n) is 1.77. The van der Waals surface area contributed by atoms with E-state index in [2.05, 4.69) is 12.2 Å². The summed E-state index contributed by atoms with van der Waals surface area (Å²) in [6, 6.07) is 6.12. The first kappa shape index (κ1) is 17.9. The molecule has 0 saturated carbocycles. The van der Waals surface area contributed by atoms with Crippen molar-refractivity contribution in [2.24, 2.45) is 0 Å². The lowest BCUT2D eigenvalue weighted by Gasteiger charge is -2.22. The van der Waals surface area contributed by atoms with Crippen molar-refractivity contribution in [3.63, 3.8) is 0 Å². The Kier molecular flexibility index (Phi) is 8.35. The molecule has 0 fully saturated rings. The second kappa shape index (κ2) is 8.88. The van der Waals surface area contributed by atoms with Gasteiger partial charge in [0.15, 0.2) is 0 Å². The highest BCUT2D eigenvalue weighted by molar-refractivity contribution is 5.85. The Bertz CT molecular complexity index is 401. The van der Waals surface area contributed by atoms with Crippen LogP contribution in [0.3, 0.4) is 0 Å². The SMILES string of the molecule is CCCNC(C)C(=O)N(C)Cc1cccc(F)c1.Cl. The van der Waals surface area contributed by atoms with Crippen LogP contribution in [0.15, 0.2) is 24.3 Å². The van der Waals surface area contributed by atoms with E-state index in [1.54, 1.807) is 18.0 Å². The largest absolute Gasteiger partial charge is 0.340 e. The van der Waals surface area contributed by atoms with Gasteiger partial charge in [0.2, 0.25) is 5.91 Å². The topological polar surface area (TPSA) is 32.3 Å². The van der Waals surface area contributed by atoms with Crippen LogP contribution >= 0.6 is 12.4 Å². The Morgan fingerprint density at radius 3 is 2.74 bits per heavy atom. The van der Waals surface area contributed by atoms with Gasteiger partial charge < -0.3 is 10.2 Å². The Labute approximate surface area is 120 Å².